The maximum Gasteiger partial charge on any atom is 0.325 e. The molecule has 0 fully saturated rings. The molecular weight excluding hydrogens is 370 g/mol. The van der Waals surface area contributed by atoms with Gasteiger partial charge in [0.25, 0.3) is 0 Å². The lowest BCUT2D eigenvalue weighted by atomic mass is 10.0. The predicted octanol–water partition coefficient (Wildman–Crippen LogP) is 3.02. The highest BCUT2D eigenvalue weighted by Gasteiger charge is 2.25. The summed E-state index contributed by atoms with van der Waals surface area (Å²) >= 11 is 0. The van der Waals surface area contributed by atoms with E-state index >= 15 is 0 Å². The molecule has 1 atom stereocenters. The summed E-state index contributed by atoms with van der Waals surface area (Å²) in [5, 5.41) is 6.91. The van der Waals surface area contributed by atoms with Crippen LogP contribution >= 0.6 is 0 Å². The van der Waals surface area contributed by atoms with Crippen LogP contribution in [0.2, 0.25) is 0 Å². The highest BCUT2D eigenvalue weighted by Crippen LogP contribution is 2.29. The molecule has 0 bridgehead atoms. The van der Waals surface area contributed by atoms with Crippen LogP contribution in [0.5, 0.6) is 5.75 Å². The Morgan fingerprint density at radius 3 is 2.52 bits per heavy atom. The van der Waals surface area contributed by atoms with Crippen molar-refractivity contribution in [2.75, 3.05) is 25.6 Å². The smallest absolute Gasteiger partial charge is 0.325 e. The van der Waals surface area contributed by atoms with Gasteiger partial charge in [-0.25, -0.2) is 0 Å². The van der Waals surface area contributed by atoms with E-state index in [-0.39, 0.29) is 19.1 Å². The lowest BCUT2D eigenvalue weighted by Crippen LogP contribution is -2.37. The van der Waals surface area contributed by atoms with Crippen LogP contribution in [0.15, 0.2) is 54.7 Å². The van der Waals surface area contributed by atoms with Gasteiger partial charge in [-0.1, -0.05) is 18.2 Å². The number of carbonyl (C=O) groups excluding carboxylic acids is 2. The van der Waals surface area contributed by atoms with Gasteiger partial charge in [0.15, 0.2) is 0 Å². The number of benzene rings is 2. The van der Waals surface area contributed by atoms with Crippen molar-refractivity contribution in [3.05, 3.63) is 60.3 Å². The number of carbonyl (C=O) groups is 2. The average Bonchev–Trinajstić information content (AvgIpc) is 3.07. The molecule has 1 aromatic heterocycles. The quantitative estimate of drug-likeness (QED) is 0.573. The second kappa shape index (κ2) is 9.14. The summed E-state index contributed by atoms with van der Waals surface area (Å²) < 4.78 is 12.1. The number of nitrogens with one attached hydrogen (secondary N) is 2. The van der Waals surface area contributed by atoms with Crippen molar-refractivity contribution < 1.29 is 19.1 Å². The third-order valence-corrected chi connectivity index (χ3v) is 4.61. The van der Waals surface area contributed by atoms with E-state index in [1.54, 1.807) is 14.0 Å². The zero-order valence-corrected chi connectivity index (χ0v) is 16.8. The number of aryl methyl sites for hydroxylation is 1. The standard InChI is InChI=1S/C22H25N3O4/c1-4-29-20(26)13-23-22(27)21(24-15-9-11-16(28-3)12-10-15)18-14-25(2)19-8-6-5-7-17(18)19/h5-12,14,21,24H,4,13H2,1-3H3,(H,23,27)/t21-/m1/s1. The summed E-state index contributed by atoms with van der Waals surface area (Å²) in [6.45, 7) is 1.81. The number of fused-ring (bicyclic) bond motifs is 1. The van der Waals surface area contributed by atoms with Crippen molar-refractivity contribution in [3.8, 4) is 5.75 Å². The molecule has 29 heavy (non-hydrogen) atoms. The summed E-state index contributed by atoms with van der Waals surface area (Å²) in [4.78, 5) is 24.7. The van der Waals surface area contributed by atoms with Gasteiger partial charge < -0.3 is 24.7 Å². The first-order valence-electron chi connectivity index (χ1n) is 9.41. The van der Waals surface area contributed by atoms with Crippen molar-refractivity contribution >= 4 is 28.5 Å². The fourth-order valence-corrected chi connectivity index (χ4v) is 3.21. The van der Waals surface area contributed by atoms with Gasteiger partial charge in [0, 0.05) is 35.4 Å². The summed E-state index contributed by atoms with van der Waals surface area (Å²) in [5.74, 6) is -0.0591. The number of anilines is 1. The van der Waals surface area contributed by atoms with Gasteiger partial charge in [-0.2, -0.15) is 0 Å². The highest BCUT2D eigenvalue weighted by atomic mass is 16.5. The Kier molecular flexibility index (Phi) is 6.39. The highest BCUT2D eigenvalue weighted by molar-refractivity contribution is 5.95. The number of para-hydroxylation sites is 1. The molecule has 7 nitrogen and oxygen atoms in total. The maximum atomic E-state index is 13.0. The molecule has 0 aliphatic carbocycles. The molecule has 0 aliphatic heterocycles. The lowest BCUT2D eigenvalue weighted by molar-refractivity contribution is -0.143. The van der Waals surface area contributed by atoms with E-state index in [0.717, 1.165) is 27.9 Å². The van der Waals surface area contributed by atoms with Crippen molar-refractivity contribution in [1.29, 1.82) is 0 Å². The van der Waals surface area contributed by atoms with Crippen molar-refractivity contribution in [2.24, 2.45) is 7.05 Å². The van der Waals surface area contributed by atoms with E-state index < -0.39 is 12.0 Å². The number of amides is 1. The van der Waals surface area contributed by atoms with Crippen LogP contribution in [0.3, 0.4) is 0 Å². The molecular formula is C22H25N3O4. The van der Waals surface area contributed by atoms with Gasteiger partial charge in [0.1, 0.15) is 18.3 Å². The first kappa shape index (κ1) is 20.3. The van der Waals surface area contributed by atoms with Gasteiger partial charge in [-0.15, -0.1) is 0 Å². The van der Waals surface area contributed by atoms with E-state index in [1.165, 1.54) is 0 Å². The van der Waals surface area contributed by atoms with Crippen molar-refractivity contribution in [2.45, 2.75) is 13.0 Å². The fraction of sp³-hybridized carbons (Fsp3) is 0.273. The van der Waals surface area contributed by atoms with E-state index in [4.69, 9.17) is 9.47 Å². The molecule has 2 N–H and O–H groups in total. The Labute approximate surface area is 169 Å². The summed E-state index contributed by atoms with van der Waals surface area (Å²) in [6, 6.07) is 14.5. The number of ether oxygens (including phenoxy) is 2. The molecule has 152 valence electrons. The van der Waals surface area contributed by atoms with E-state index in [0.29, 0.717) is 0 Å². The molecule has 3 aromatic rings. The van der Waals surface area contributed by atoms with Crippen LogP contribution in [0, 0.1) is 0 Å². The monoisotopic (exact) mass is 395 g/mol. The largest absolute Gasteiger partial charge is 0.497 e. The second-order valence-corrected chi connectivity index (χ2v) is 6.54. The lowest BCUT2D eigenvalue weighted by Gasteiger charge is -2.19. The Bertz CT molecular complexity index is 995. The minimum Gasteiger partial charge on any atom is -0.497 e. The number of rotatable bonds is 8. The minimum atomic E-state index is -0.691. The van der Waals surface area contributed by atoms with Gasteiger partial charge in [0.05, 0.1) is 13.7 Å². The summed E-state index contributed by atoms with van der Waals surface area (Å²) in [7, 11) is 3.54. The molecule has 7 heteroatoms. The Morgan fingerprint density at radius 2 is 1.83 bits per heavy atom. The summed E-state index contributed by atoms with van der Waals surface area (Å²) in [5.41, 5.74) is 2.59. The number of aromatic nitrogens is 1. The van der Waals surface area contributed by atoms with Crippen molar-refractivity contribution in [3.63, 3.8) is 0 Å². The third kappa shape index (κ3) is 4.68. The molecule has 1 amide bonds. The Morgan fingerprint density at radius 1 is 1.10 bits per heavy atom. The van der Waals surface area contributed by atoms with Gasteiger partial charge in [-0.05, 0) is 37.3 Å². The van der Waals surface area contributed by atoms with Crippen LogP contribution in [-0.4, -0.2) is 36.7 Å². The molecule has 0 saturated carbocycles. The molecule has 0 aliphatic rings. The molecule has 0 unspecified atom stereocenters. The molecule has 2 aromatic carbocycles. The van der Waals surface area contributed by atoms with Gasteiger partial charge in [-0.3, -0.25) is 9.59 Å². The molecule has 0 saturated heterocycles. The molecule has 0 radical (unpaired) electrons. The van der Waals surface area contributed by atoms with Crippen LogP contribution in [0.25, 0.3) is 10.9 Å². The zero-order valence-electron chi connectivity index (χ0n) is 16.8. The minimum absolute atomic E-state index is 0.182. The first-order chi connectivity index (χ1) is 14.0. The number of hydrogen-bond donors (Lipinski definition) is 2. The van der Waals surface area contributed by atoms with Crippen LogP contribution in [-0.2, 0) is 21.4 Å². The van der Waals surface area contributed by atoms with E-state index in [1.807, 2.05) is 66.3 Å². The van der Waals surface area contributed by atoms with E-state index in [2.05, 4.69) is 10.6 Å². The average molecular weight is 395 g/mol. The number of nitrogens with zero attached hydrogens (tertiary/aromatic N) is 1. The fourth-order valence-electron chi connectivity index (χ4n) is 3.21. The summed E-state index contributed by atoms with van der Waals surface area (Å²) in [6.07, 6.45) is 1.93. The maximum absolute atomic E-state index is 13.0. The molecule has 3 rings (SSSR count). The Hall–Kier alpha value is -3.48. The Balaban J connectivity index is 1.91. The van der Waals surface area contributed by atoms with Crippen LogP contribution < -0.4 is 15.4 Å². The van der Waals surface area contributed by atoms with Gasteiger partial charge >= 0.3 is 5.97 Å². The second-order valence-electron chi connectivity index (χ2n) is 6.54. The van der Waals surface area contributed by atoms with Crippen molar-refractivity contribution in [1.82, 2.24) is 9.88 Å². The number of hydrogen-bond acceptors (Lipinski definition) is 5. The predicted molar refractivity (Wildman–Crippen MR) is 112 cm³/mol. The molecule has 0 spiro atoms. The van der Waals surface area contributed by atoms with Crippen LogP contribution in [0.4, 0.5) is 5.69 Å². The topological polar surface area (TPSA) is 81.6 Å². The molecule has 1 heterocycles. The third-order valence-electron chi connectivity index (χ3n) is 4.61. The zero-order chi connectivity index (χ0) is 20.8. The first-order valence-corrected chi connectivity index (χ1v) is 9.41. The van der Waals surface area contributed by atoms with Gasteiger partial charge in [0.2, 0.25) is 5.91 Å². The normalized spacial score (nSPS) is 11.7. The SMILES string of the molecule is CCOC(=O)CNC(=O)[C@H](Nc1ccc(OC)cc1)c1cn(C)c2ccccc12. The number of esters is 1. The van der Waals surface area contributed by atoms with Crippen LogP contribution in [0.1, 0.15) is 18.5 Å². The number of methoxy groups -OCH3 is 1. The van der Waals surface area contributed by atoms with E-state index in [9.17, 15) is 9.59 Å².